The van der Waals surface area contributed by atoms with Crippen LogP contribution in [0, 0.1) is 5.92 Å². The normalized spacial score (nSPS) is 14.2. The molecule has 0 aliphatic rings. The van der Waals surface area contributed by atoms with Crippen LogP contribution < -0.4 is 5.73 Å². The van der Waals surface area contributed by atoms with E-state index in [9.17, 15) is 0 Å². The molecule has 1 atom stereocenters. The Morgan fingerprint density at radius 1 is 1.73 bits per heavy atom. The number of nitrogens with two attached hydrogens (primary N) is 1. The van der Waals surface area contributed by atoms with Gasteiger partial charge in [-0.1, -0.05) is 0 Å². The van der Waals surface area contributed by atoms with E-state index < -0.39 is 0 Å². The van der Waals surface area contributed by atoms with Crippen LogP contribution in [0.4, 0.5) is 0 Å². The molecule has 2 N–H and O–H groups in total. The summed E-state index contributed by atoms with van der Waals surface area (Å²) in [6.45, 7) is 10.00. The molecule has 0 heterocycles. The molecule has 0 rings (SSSR count). The zero-order valence-electron chi connectivity index (χ0n) is 7.64. The Labute approximate surface area is 70.6 Å². The second-order valence-electron chi connectivity index (χ2n) is 3.00. The predicted octanol–water partition coefficient (Wildman–Crippen LogP) is 1.75. The molecular weight excluding hydrogens is 133 g/mol. The SMILES string of the molecule is C=B/C(=C/N)CC[C@H](C)CC. The average molecular weight is 151 g/mol. The van der Waals surface area contributed by atoms with E-state index in [0.29, 0.717) is 0 Å². The van der Waals surface area contributed by atoms with Crippen molar-refractivity contribution in [2.45, 2.75) is 33.1 Å². The molecule has 0 spiro atoms. The number of hydrogen-bond acceptors (Lipinski definition) is 1. The summed E-state index contributed by atoms with van der Waals surface area (Å²) in [5.41, 5.74) is 6.54. The van der Waals surface area contributed by atoms with E-state index in [4.69, 9.17) is 5.73 Å². The molecule has 0 fully saturated rings. The predicted molar refractivity (Wildman–Crippen MR) is 53.8 cm³/mol. The second-order valence-corrected chi connectivity index (χ2v) is 3.00. The molecule has 0 bridgehead atoms. The molecule has 0 aromatic carbocycles. The van der Waals surface area contributed by atoms with Crippen molar-refractivity contribution >= 4 is 13.4 Å². The molecule has 0 radical (unpaired) electrons. The Morgan fingerprint density at radius 2 is 2.36 bits per heavy atom. The standard InChI is InChI=1S/C9H18BN/c1-4-8(2)5-6-9(7-11)10-3/h7-8H,3-6,11H2,1-2H3/b9-7+/t8-/m1/s1. The van der Waals surface area contributed by atoms with Crippen molar-refractivity contribution in [2.24, 2.45) is 11.7 Å². The van der Waals surface area contributed by atoms with E-state index in [0.717, 1.165) is 17.8 Å². The Morgan fingerprint density at radius 3 is 2.73 bits per heavy atom. The van der Waals surface area contributed by atoms with Crippen molar-refractivity contribution in [3.8, 4) is 0 Å². The summed E-state index contributed by atoms with van der Waals surface area (Å²) in [6.07, 6.45) is 5.17. The quantitative estimate of drug-likeness (QED) is 0.595. The fourth-order valence-corrected chi connectivity index (χ4v) is 0.871. The van der Waals surface area contributed by atoms with Crippen molar-refractivity contribution in [1.82, 2.24) is 0 Å². The van der Waals surface area contributed by atoms with Crippen molar-refractivity contribution < 1.29 is 0 Å². The summed E-state index contributed by atoms with van der Waals surface area (Å²) >= 11 is 0. The van der Waals surface area contributed by atoms with Gasteiger partial charge >= 0.3 is 69.8 Å². The molecular formula is C9H18BN. The third-order valence-electron chi connectivity index (χ3n) is 2.10. The maximum absolute atomic E-state index is 5.38. The van der Waals surface area contributed by atoms with Gasteiger partial charge in [-0.05, 0) is 0 Å². The Hall–Kier alpha value is -0.525. The molecule has 2 heteroatoms. The third kappa shape index (κ3) is 4.82. The van der Waals surface area contributed by atoms with Gasteiger partial charge in [0.2, 0.25) is 0 Å². The van der Waals surface area contributed by atoms with Gasteiger partial charge in [0.05, 0.1) is 0 Å². The van der Waals surface area contributed by atoms with Gasteiger partial charge in [0, 0.05) is 0 Å². The van der Waals surface area contributed by atoms with E-state index in [1.807, 2.05) is 6.92 Å². The average Bonchev–Trinajstić information content (AvgIpc) is 2.06. The van der Waals surface area contributed by atoms with Crippen LogP contribution in [0.1, 0.15) is 33.1 Å². The summed E-state index contributed by atoms with van der Waals surface area (Å²) in [6, 6.07) is 0. The summed E-state index contributed by atoms with van der Waals surface area (Å²) < 4.78 is 0. The number of rotatable bonds is 5. The minimum atomic E-state index is 0.796. The van der Waals surface area contributed by atoms with E-state index in [1.54, 1.807) is 6.20 Å². The van der Waals surface area contributed by atoms with E-state index >= 15 is 0 Å². The van der Waals surface area contributed by atoms with Crippen LogP contribution in [0.3, 0.4) is 0 Å². The van der Waals surface area contributed by atoms with Crippen LogP contribution >= 0.6 is 0 Å². The van der Waals surface area contributed by atoms with Crippen molar-refractivity contribution in [2.75, 3.05) is 0 Å². The van der Waals surface area contributed by atoms with Crippen LogP contribution in [-0.2, 0) is 0 Å². The van der Waals surface area contributed by atoms with E-state index in [2.05, 4.69) is 20.3 Å². The molecule has 0 aromatic heterocycles. The number of hydrogen-bond donors (Lipinski definition) is 1. The minimum absolute atomic E-state index is 0.796. The van der Waals surface area contributed by atoms with Gasteiger partial charge in [0.1, 0.15) is 0 Å². The molecule has 0 unspecified atom stereocenters. The molecule has 62 valence electrons. The van der Waals surface area contributed by atoms with Gasteiger partial charge < -0.3 is 0 Å². The molecule has 0 saturated heterocycles. The molecule has 0 aliphatic carbocycles. The van der Waals surface area contributed by atoms with Crippen molar-refractivity contribution in [3.05, 3.63) is 11.7 Å². The summed E-state index contributed by atoms with van der Waals surface area (Å²) in [4.78, 5) is 0. The first-order valence-corrected chi connectivity index (χ1v) is 4.27. The Bertz CT molecular complexity index is 140. The van der Waals surface area contributed by atoms with Gasteiger partial charge in [-0.15, -0.1) is 0 Å². The maximum atomic E-state index is 5.38. The van der Waals surface area contributed by atoms with Gasteiger partial charge in [-0.2, -0.15) is 0 Å². The van der Waals surface area contributed by atoms with Crippen LogP contribution in [-0.4, -0.2) is 13.4 Å². The fraction of sp³-hybridized carbons (Fsp3) is 0.667. The van der Waals surface area contributed by atoms with Crippen LogP contribution in [0.15, 0.2) is 11.7 Å². The van der Waals surface area contributed by atoms with Gasteiger partial charge in [0.25, 0.3) is 0 Å². The van der Waals surface area contributed by atoms with Crippen LogP contribution in [0.2, 0.25) is 0 Å². The van der Waals surface area contributed by atoms with E-state index in [-0.39, 0.29) is 0 Å². The van der Waals surface area contributed by atoms with Crippen molar-refractivity contribution in [3.63, 3.8) is 0 Å². The molecule has 0 aromatic rings. The number of allylic oxidation sites excluding steroid dienone is 1. The second kappa shape index (κ2) is 6.20. The zero-order valence-corrected chi connectivity index (χ0v) is 7.64. The van der Waals surface area contributed by atoms with Gasteiger partial charge in [-0.25, -0.2) is 0 Å². The molecule has 0 saturated carbocycles. The first-order chi connectivity index (χ1) is 5.24. The van der Waals surface area contributed by atoms with E-state index in [1.165, 1.54) is 12.8 Å². The van der Waals surface area contributed by atoms with Crippen LogP contribution in [0.5, 0.6) is 0 Å². The first kappa shape index (κ1) is 10.5. The first-order valence-electron chi connectivity index (χ1n) is 4.27. The van der Waals surface area contributed by atoms with Crippen LogP contribution in [0.25, 0.3) is 0 Å². The molecule has 11 heavy (non-hydrogen) atoms. The van der Waals surface area contributed by atoms with Gasteiger partial charge in [-0.3, -0.25) is 0 Å². The Balaban J connectivity index is 3.59. The zero-order chi connectivity index (χ0) is 8.69. The molecule has 1 nitrogen and oxygen atoms in total. The molecule has 0 amide bonds. The summed E-state index contributed by atoms with van der Waals surface area (Å²) in [7, 11) is 0. The summed E-state index contributed by atoms with van der Waals surface area (Å²) in [5, 5.41) is 0. The fourth-order valence-electron chi connectivity index (χ4n) is 0.871. The monoisotopic (exact) mass is 151 g/mol. The third-order valence-corrected chi connectivity index (χ3v) is 2.10. The topological polar surface area (TPSA) is 26.0 Å². The van der Waals surface area contributed by atoms with Crippen molar-refractivity contribution in [1.29, 1.82) is 0 Å². The van der Waals surface area contributed by atoms with Gasteiger partial charge in [0.15, 0.2) is 0 Å². The molecule has 0 aliphatic heterocycles. The summed E-state index contributed by atoms with van der Waals surface area (Å²) in [5.74, 6) is 0.796. The Kier molecular flexibility index (Phi) is 5.91.